The van der Waals surface area contributed by atoms with Crippen LogP contribution in [0.1, 0.15) is 39.3 Å². The van der Waals surface area contributed by atoms with Gasteiger partial charge in [0, 0.05) is 30.9 Å². The summed E-state index contributed by atoms with van der Waals surface area (Å²) >= 11 is 1.62. The molecule has 23 heavy (non-hydrogen) atoms. The minimum absolute atomic E-state index is 0. The number of carbonyl (C=O) groups is 1. The Morgan fingerprint density at radius 3 is 3.04 bits per heavy atom. The Hall–Kier alpha value is -1.44. The van der Waals surface area contributed by atoms with Gasteiger partial charge in [-0.15, -0.1) is 23.7 Å². The van der Waals surface area contributed by atoms with Gasteiger partial charge >= 0.3 is 0 Å². The molecule has 8 heteroatoms. The van der Waals surface area contributed by atoms with E-state index in [1.807, 2.05) is 30.1 Å². The van der Waals surface area contributed by atoms with Crippen LogP contribution < -0.4 is 5.32 Å². The zero-order valence-corrected chi connectivity index (χ0v) is 15.0. The van der Waals surface area contributed by atoms with E-state index in [-0.39, 0.29) is 18.3 Å². The topological polar surface area (TPSA) is 63.1 Å². The molecule has 2 aromatic heterocycles. The maximum atomic E-state index is 12.5. The van der Waals surface area contributed by atoms with Crippen LogP contribution in [-0.4, -0.2) is 45.7 Å². The molecule has 3 heterocycles. The zero-order valence-electron chi connectivity index (χ0n) is 13.4. The molecule has 1 atom stereocenters. The number of carbonyl (C=O) groups excluding carboxylic acids is 1. The lowest BCUT2D eigenvalue weighted by Gasteiger charge is -2.23. The zero-order chi connectivity index (χ0) is 15.5. The third kappa shape index (κ3) is 4.31. The number of hydrogen-bond donors (Lipinski definition) is 1. The lowest BCUT2D eigenvalue weighted by Crippen LogP contribution is -2.32. The number of halogens is 1. The van der Waals surface area contributed by atoms with E-state index in [1.54, 1.807) is 23.3 Å². The van der Waals surface area contributed by atoms with Crippen LogP contribution >= 0.6 is 23.7 Å². The van der Waals surface area contributed by atoms with Gasteiger partial charge in [0.25, 0.3) is 5.91 Å². The van der Waals surface area contributed by atoms with Crippen molar-refractivity contribution in [3.8, 4) is 0 Å². The van der Waals surface area contributed by atoms with Crippen LogP contribution in [0.4, 0.5) is 0 Å². The fraction of sp³-hybridized carbons (Fsp3) is 0.533. The molecule has 2 aromatic rings. The molecule has 126 valence electrons. The Morgan fingerprint density at radius 2 is 2.39 bits per heavy atom. The number of amides is 1. The minimum atomic E-state index is -0.0476. The molecule has 1 fully saturated rings. The van der Waals surface area contributed by atoms with Gasteiger partial charge in [0.15, 0.2) is 0 Å². The number of nitrogens with zero attached hydrogens (tertiary/aromatic N) is 4. The van der Waals surface area contributed by atoms with Crippen molar-refractivity contribution in [3.05, 3.63) is 34.0 Å². The van der Waals surface area contributed by atoms with E-state index < -0.39 is 0 Å². The van der Waals surface area contributed by atoms with E-state index in [1.165, 1.54) is 0 Å². The third-order valence-corrected chi connectivity index (χ3v) is 4.78. The Bertz CT molecular complexity index is 650. The number of aromatic nitrogens is 3. The van der Waals surface area contributed by atoms with Crippen LogP contribution in [0.3, 0.4) is 0 Å². The van der Waals surface area contributed by atoms with Crippen molar-refractivity contribution in [2.24, 2.45) is 0 Å². The minimum Gasteiger partial charge on any atom is -0.335 e. The molecule has 0 saturated carbocycles. The molecule has 1 saturated heterocycles. The third-order valence-electron chi connectivity index (χ3n) is 3.88. The molecule has 6 nitrogen and oxygen atoms in total. The van der Waals surface area contributed by atoms with Crippen molar-refractivity contribution in [1.29, 1.82) is 0 Å². The van der Waals surface area contributed by atoms with Crippen molar-refractivity contribution in [2.45, 2.75) is 32.4 Å². The van der Waals surface area contributed by atoms with E-state index in [2.05, 4.69) is 15.4 Å². The second-order valence-corrected chi connectivity index (χ2v) is 7.01. The predicted octanol–water partition coefficient (Wildman–Crippen LogP) is 2.27. The highest BCUT2D eigenvalue weighted by Crippen LogP contribution is 2.17. The van der Waals surface area contributed by atoms with Gasteiger partial charge in [-0.05, 0) is 32.4 Å². The maximum absolute atomic E-state index is 12.5. The molecule has 0 radical (unpaired) electrons. The first-order chi connectivity index (χ1) is 10.6. The monoisotopic (exact) mass is 355 g/mol. The molecule has 0 bridgehead atoms. The first-order valence-electron chi connectivity index (χ1n) is 7.56. The lowest BCUT2D eigenvalue weighted by atomic mass is 10.1. The highest BCUT2D eigenvalue weighted by Gasteiger charge is 2.20. The van der Waals surface area contributed by atoms with Gasteiger partial charge in [0.2, 0.25) is 0 Å². The molecule has 0 aliphatic carbocycles. The standard InChI is InChI=1S/C15H21N5OS.ClH/c1-11-17-9-13(22-11)10-19(2)15(21)14-5-7-20(18-14)12-4-3-6-16-8-12;/h5,7,9,12,16H,3-4,6,8,10H2,1-2H3;1H. The molecule has 1 amide bonds. The van der Waals surface area contributed by atoms with Gasteiger partial charge in [-0.3, -0.25) is 9.48 Å². The SMILES string of the molecule is Cc1ncc(CN(C)C(=O)c2ccn(C3CCCNC3)n2)s1.Cl. The van der Waals surface area contributed by atoms with Crippen molar-refractivity contribution in [2.75, 3.05) is 20.1 Å². The number of piperidine rings is 1. The first kappa shape index (κ1) is 17.9. The number of aryl methyl sites for hydroxylation is 1. The van der Waals surface area contributed by atoms with Crippen molar-refractivity contribution < 1.29 is 4.79 Å². The summed E-state index contributed by atoms with van der Waals surface area (Å²) in [5.74, 6) is -0.0476. The molecule has 1 unspecified atom stereocenters. The Kier molecular flexibility index (Phi) is 6.15. The van der Waals surface area contributed by atoms with Crippen molar-refractivity contribution >= 4 is 29.7 Å². The summed E-state index contributed by atoms with van der Waals surface area (Å²) < 4.78 is 1.92. The quantitative estimate of drug-likeness (QED) is 0.913. The van der Waals surface area contributed by atoms with Crippen LogP contribution in [0.15, 0.2) is 18.5 Å². The van der Waals surface area contributed by atoms with E-state index in [4.69, 9.17) is 0 Å². The van der Waals surface area contributed by atoms with Crippen molar-refractivity contribution in [3.63, 3.8) is 0 Å². The molecular weight excluding hydrogens is 334 g/mol. The van der Waals surface area contributed by atoms with Crippen molar-refractivity contribution in [1.82, 2.24) is 25.0 Å². The van der Waals surface area contributed by atoms with Crippen LogP contribution in [-0.2, 0) is 6.54 Å². The summed E-state index contributed by atoms with van der Waals surface area (Å²) in [7, 11) is 1.80. The van der Waals surface area contributed by atoms with Gasteiger partial charge in [-0.25, -0.2) is 4.98 Å². The first-order valence-corrected chi connectivity index (χ1v) is 8.38. The average Bonchev–Trinajstić information content (AvgIpc) is 3.17. The van der Waals surface area contributed by atoms with Gasteiger partial charge in [-0.1, -0.05) is 0 Å². The summed E-state index contributed by atoms with van der Waals surface area (Å²) in [6, 6.07) is 2.16. The van der Waals surface area contributed by atoms with Crippen LogP contribution in [0.2, 0.25) is 0 Å². The smallest absolute Gasteiger partial charge is 0.274 e. The number of thiazole rings is 1. The van der Waals surface area contributed by atoms with E-state index in [0.717, 1.165) is 35.8 Å². The second kappa shape index (κ2) is 7.90. The molecule has 1 aliphatic heterocycles. The molecular formula is C15H22ClN5OS. The number of hydrogen-bond acceptors (Lipinski definition) is 5. The summed E-state index contributed by atoms with van der Waals surface area (Å²) in [5, 5.41) is 8.86. The molecule has 3 rings (SSSR count). The maximum Gasteiger partial charge on any atom is 0.274 e. The Morgan fingerprint density at radius 1 is 1.57 bits per heavy atom. The second-order valence-electron chi connectivity index (χ2n) is 5.69. The number of rotatable bonds is 4. The summed E-state index contributed by atoms with van der Waals surface area (Å²) in [4.78, 5) is 19.5. The van der Waals surface area contributed by atoms with Crippen LogP contribution in [0.5, 0.6) is 0 Å². The fourth-order valence-electron chi connectivity index (χ4n) is 2.69. The van der Waals surface area contributed by atoms with E-state index in [0.29, 0.717) is 18.3 Å². The van der Waals surface area contributed by atoms with E-state index in [9.17, 15) is 4.79 Å². The summed E-state index contributed by atoms with van der Waals surface area (Å²) in [5.41, 5.74) is 0.509. The van der Waals surface area contributed by atoms with Crippen LogP contribution in [0, 0.1) is 6.92 Å². The van der Waals surface area contributed by atoms with Gasteiger partial charge in [0.1, 0.15) is 5.69 Å². The Balaban J connectivity index is 0.00000192. The molecule has 0 spiro atoms. The highest BCUT2D eigenvalue weighted by atomic mass is 35.5. The fourth-order valence-corrected chi connectivity index (χ4v) is 3.54. The average molecular weight is 356 g/mol. The number of nitrogens with one attached hydrogen (secondary N) is 1. The Labute approximate surface area is 146 Å². The molecule has 0 aromatic carbocycles. The highest BCUT2D eigenvalue weighted by molar-refractivity contribution is 7.11. The summed E-state index contributed by atoms with van der Waals surface area (Å²) in [6.45, 7) is 4.53. The largest absolute Gasteiger partial charge is 0.335 e. The lowest BCUT2D eigenvalue weighted by molar-refractivity contribution is 0.0779. The van der Waals surface area contributed by atoms with Crippen LogP contribution in [0.25, 0.3) is 0 Å². The molecule has 1 aliphatic rings. The van der Waals surface area contributed by atoms with E-state index >= 15 is 0 Å². The normalized spacial score (nSPS) is 17.6. The van der Waals surface area contributed by atoms with Gasteiger partial charge < -0.3 is 10.2 Å². The molecule has 1 N–H and O–H groups in total. The van der Waals surface area contributed by atoms with Gasteiger partial charge in [0.05, 0.1) is 17.6 Å². The summed E-state index contributed by atoms with van der Waals surface area (Å²) in [6.07, 6.45) is 6.00. The van der Waals surface area contributed by atoms with Gasteiger partial charge in [-0.2, -0.15) is 5.10 Å². The predicted molar refractivity (Wildman–Crippen MR) is 93.3 cm³/mol.